The lowest BCUT2D eigenvalue weighted by Crippen LogP contribution is -2.41. The summed E-state index contributed by atoms with van der Waals surface area (Å²) in [6.07, 6.45) is 3.05. The largest absolute Gasteiger partial charge is 0.379 e. The number of nitrogens with zero attached hydrogens (tertiary/aromatic N) is 2. The summed E-state index contributed by atoms with van der Waals surface area (Å²) in [4.78, 5) is 29.4. The van der Waals surface area contributed by atoms with Gasteiger partial charge in [0.1, 0.15) is 0 Å². The van der Waals surface area contributed by atoms with E-state index in [4.69, 9.17) is 4.74 Å². The van der Waals surface area contributed by atoms with Gasteiger partial charge in [-0.3, -0.25) is 14.6 Å². The Morgan fingerprint density at radius 2 is 1.71 bits per heavy atom. The van der Waals surface area contributed by atoms with Gasteiger partial charge < -0.3 is 15.4 Å². The Hall–Kier alpha value is -2.90. The maximum atomic E-state index is 12.9. The fourth-order valence-electron chi connectivity index (χ4n) is 4.05. The van der Waals surface area contributed by atoms with E-state index >= 15 is 0 Å². The molecule has 2 aliphatic rings. The maximum absolute atomic E-state index is 12.9. The molecule has 0 aromatic heterocycles. The number of hydrogen-bond donors (Lipinski definition) is 2. The number of aryl methyl sites for hydroxylation is 1. The lowest BCUT2D eigenvalue weighted by atomic mass is 10.1. The number of hydrogen-bond acceptors (Lipinski definition) is 4. The van der Waals surface area contributed by atoms with E-state index in [0.29, 0.717) is 24.3 Å². The number of ether oxygens (including phenoxy) is 1. The molecule has 1 saturated heterocycles. The van der Waals surface area contributed by atoms with Gasteiger partial charge in [0.2, 0.25) is 0 Å². The smallest absolute Gasteiger partial charge is 0.326 e. The van der Waals surface area contributed by atoms with E-state index in [-0.39, 0.29) is 11.9 Å². The highest BCUT2D eigenvalue weighted by molar-refractivity contribution is 6.02. The minimum Gasteiger partial charge on any atom is -0.379 e. The fraction of sp³-hybridized carbons (Fsp3) is 0.417. The minimum atomic E-state index is -0.142. The Balaban J connectivity index is 1.31. The van der Waals surface area contributed by atoms with Gasteiger partial charge in [-0.25, -0.2) is 4.79 Å². The summed E-state index contributed by atoms with van der Waals surface area (Å²) in [5.74, 6) is -0.104. The number of fused-ring (bicyclic) bond motifs is 1. The molecular formula is C24H30N4O3. The number of urea groups is 1. The average Bonchev–Trinajstić information content (AvgIpc) is 3.03. The molecule has 0 radical (unpaired) electrons. The van der Waals surface area contributed by atoms with Crippen LogP contribution in [0.3, 0.4) is 0 Å². The number of nitrogens with one attached hydrogen (secondary N) is 2. The van der Waals surface area contributed by atoms with Crippen LogP contribution in [0.1, 0.15) is 28.8 Å². The van der Waals surface area contributed by atoms with Crippen LogP contribution in [-0.4, -0.2) is 62.8 Å². The topological polar surface area (TPSA) is 73.9 Å². The first-order valence-corrected chi connectivity index (χ1v) is 11.1. The lowest BCUT2D eigenvalue weighted by Gasteiger charge is -2.26. The number of carbonyl (C=O) groups excluding carboxylic acids is 2. The Morgan fingerprint density at radius 1 is 0.935 bits per heavy atom. The van der Waals surface area contributed by atoms with E-state index in [2.05, 4.69) is 21.6 Å². The summed E-state index contributed by atoms with van der Waals surface area (Å²) in [5, 5.41) is 5.93. The molecule has 3 amide bonds. The SMILES string of the molecule is O=C(NCCN1CCOCC1)c1ccc(NC(=O)N2CCCCc3ccccc32)cc1. The highest BCUT2D eigenvalue weighted by atomic mass is 16.5. The second-order valence-electron chi connectivity index (χ2n) is 7.95. The van der Waals surface area contributed by atoms with Crippen molar-refractivity contribution in [3.63, 3.8) is 0 Å². The monoisotopic (exact) mass is 422 g/mol. The van der Waals surface area contributed by atoms with Crippen LogP contribution in [0.25, 0.3) is 0 Å². The number of para-hydroxylation sites is 1. The molecule has 4 rings (SSSR count). The van der Waals surface area contributed by atoms with Gasteiger partial charge in [0, 0.05) is 49.7 Å². The third-order valence-electron chi connectivity index (χ3n) is 5.82. The van der Waals surface area contributed by atoms with Crippen LogP contribution in [0.5, 0.6) is 0 Å². The average molecular weight is 423 g/mol. The Morgan fingerprint density at radius 3 is 2.52 bits per heavy atom. The number of anilines is 2. The molecule has 2 heterocycles. The van der Waals surface area contributed by atoms with E-state index in [1.807, 2.05) is 23.1 Å². The molecule has 0 atom stereocenters. The van der Waals surface area contributed by atoms with Gasteiger partial charge in [-0.05, 0) is 55.2 Å². The molecule has 0 saturated carbocycles. The number of rotatable bonds is 5. The van der Waals surface area contributed by atoms with Crippen LogP contribution in [0.2, 0.25) is 0 Å². The molecule has 0 aliphatic carbocycles. The van der Waals surface area contributed by atoms with Crippen molar-refractivity contribution in [1.82, 2.24) is 10.2 Å². The molecule has 0 bridgehead atoms. The second kappa shape index (κ2) is 10.4. The van der Waals surface area contributed by atoms with E-state index in [1.165, 1.54) is 5.56 Å². The summed E-state index contributed by atoms with van der Waals surface area (Å²) < 4.78 is 5.34. The lowest BCUT2D eigenvalue weighted by molar-refractivity contribution is 0.0383. The van der Waals surface area contributed by atoms with E-state index in [0.717, 1.165) is 57.8 Å². The normalized spacial score (nSPS) is 16.8. The third kappa shape index (κ3) is 5.62. The molecule has 7 nitrogen and oxygen atoms in total. The Labute approximate surface area is 183 Å². The molecule has 1 fully saturated rings. The van der Waals surface area contributed by atoms with Gasteiger partial charge in [-0.15, -0.1) is 0 Å². The van der Waals surface area contributed by atoms with Crippen molar-refractivity contribution in [3.8, 4) is 0 Å². The minimum absolute atomic E-state index is 0.104. The molecule has 164 valence electrons. The van der Waals surface area contributed by atoms with Gasteiger partial charge in [0.25, 0.3) is 5.91 Å². The molecule has 2 aromatic carbocycles. The molecule has 0 spiro atoms. The van der Waals surface area contributed by atoms with Crippen molar-refractivity contribution < 1.29 is 14.3 Å². The van der Waals surface area contributed by atoms with E-state index < -0.39 is 0 Å². The van der Waals surface area contributed by atoms with Gasteiger partial charge in [-0.1, -0.05) is 18.2 Å². The van der Waals surface area contributed by atoms with Crippen LogP contribution in [-0.2, 0) is 11.2 Å². The van der Waals surface area contributed by atoms with E-state index in [1.54, 1.807) is 24.3 Å². The van der Waals surface area contributed by atoms with Crippen LogP contribution in [0.4, 0.5) is 16.2 Å². The molecular weight excluding hydrogens is 392 g/mol. The molecule has 2 aliphatic heterocycles. The molecule has 7 heteroatoms. The van der Waals surface area contributed by atoms with E-state index in [9.17, 15) is 9.59 Å². The van der Waals surface area contributed by atoms with Gasteiger partial charge in [0.15, 0.2) is 0 Å². The summed E-state index contributed by atoms with van der Waals surface area (Å²) >= 11 is 0. The predicted octanol–water partition coefficient (Wildman–Crippen LogP) is 3.12. The Bertz CT molecular complexity index is 894. The molecule has 2 aromatic rings. The van der Waals surface area contributed by atoms with Crippen molar-refractivity contribution >= 4 is 23.3 Å². The van der Waals surface area contributed by atoms with Crippen molar-refractivity contribution in [2.24, 2.45) is 0 Å². The van der Waals surface area contributed by atoms with Crippen LogP contribution >= 0.6 is 0 Å². The number of benzene rings is 2. The number of carbonyl (C=O) groups is 2. The highest BCUT2D eigenvalue weighted by Crippen LogP contribution is 2.26. The zero-order chi connectivity index (χ0) is 21.5. The van der Waals surface area contributed by atoms with Crippen molar-refractivity contribution in [3.05, 3.63) is 59.7 Å². The van der Waals surface area contributed by atoms with Crippen molar-refractivity contribution in [1.29, 1.82) is 0 Å². The first-order chi connectivity index (χ1) is 15.2. The zero-order valence-electron chi connectivity index (χ0n) is 17.8. The van der Waals surface area contributed by atoms with Crippen LogP contribution < -0.4 is 15.5 Å². The highest BCUT2D eigenvalue weighted by Gasteiger charge is 2.21. The first-order valence-electron chi connectivity index (χ1n) is 11.1. The maximum Gasteiger partial charge on any atom is 0.326 e. The predicted molar refractivity (Wildman–Crippen MR) is 122 cm³/mol. The Kier molecular flexibility index (Phi) is 7.17. The first kappa shape index (κ1) is 21.3. The quantitative estimate of drug-likeness (QED) is 0.777. The van der Waals surface area contributed by atoms with Crippen LogP contribution in [0.15, 0.2) is 48.5 Å². The second-order valence-corrected chi connectivity index (χ2v) is 7.95. The summed E-state index contributed by atoms with van der Waals surface area (Å²) in [7, 11) is 0. The number of amides is 3. The van der Waals surface area contributed by atoms with Gasteiger partial charge >= 0.3 is 6.03 Å². The third-order valence-corrected chi connectivity index (χ3v) is 5.82. The molecule has 2 N–H and O–H groups in total. The number of morpholine rings is 1. The van der Waals surface area contributed by atoms with Crippen molar-refractivity contribution in [2.75, 3.05) is 56.2 Å². The zero-order valence-corrected chi connectivity index (χ0v) is 17.8. The van der Waals surface area contributed by atoms with Crippen molar-refractivity contribution in [2.45, 2.75) is 19.3 Å². The van der Waals surface area contributed by atoms with Crippen LogP contribution in [0, 0.1) is 0 Å². The summed E-state index contributed by atoms with van der Waals surface area (Å²) in [5.41, 5.74) is 3.45. The summed E-state index contributed by atoms with van der Waals surface area (Å²) in [6.45, 7) is 5.45. The summed E-state index contributed by atoms with van der Waals surface area (Å²) in [6, 6.07) is 15.0. The van der Waals surface area contributed by atoms with Gasteiger partial charge in [0.05, 0.1) is 13.2 Å². The standard InChI is InChI=1S/C24H30N4O3/c29-23(25-12-14-27-15-17-31-18-16-27)20-8-10-21(11-9-20)26-24(30)28-13-4-3-6-19-5-1-2-7-22(19)28/h1-2,5,7-11H,3-4,6,12-18H2,(H,25,29)(H,26,30). The fourth-order valence-corrected chi connectivity index (χ4v) is 4.05. The molecule has 0 unspecified atom stereocenters. The molecule has 31 heavy (non-hydrogen) atoms. The van der Waals surface area contributed by atoms with Gasteiger partial charge in [-0.2, -0.15) is 0 Å².